The smallest absolute Gasteiger partial charge is 0.217 e. The zero-order valence-corrected chi connectivity index (χ0v) is 11.9. The fraction of sp³-hybridized carbons (Fsp3) is 0.846. The van der Waals surface area contributed by atoms with Gasteiger partial charge in [0.15, 0.2) is 5.17 Å². The van der Waals surface area contributed by atoms with Crippen LogP contribution >= 0.6 is 11.8 Å². The van der Waals surface area contributed by atoms with Gasteiger partial charge in [0.25, 0.3) is 0 Å². The van der Waals surface area contributed by atoms with Crippen molar-refractivity contribution in [1.29, 1.82) is 0 Å². The van der Waals surface area contributed by atoms with E-state index in [-0.39, 0.29) is 5.91 Å². The third-order valence-electron chi connectivity index (χ3n) is 3.79. The summed E-state index contributed by atoms with van der Waals surface area (Å²) in [5.41, 5.74) is 5.40. The van der Waals surface area contributed by atoms with Crippen molar-refractivity contribution in [2.75, 3.05) is 12.3 Å². The van der Waals surface area contributed by atoms with E-state index in [0.717, 1.165) is 23.3 Å². The van der Waals surface area contributed by atoms with Crippen LogP contribution in [-0.4, -0.2) is 28.9 Å². The number of nitrogens with one attached hydrogen (secondary N) is 1. The van der Waals surface area contributed by atoms with Gasteiger partial charge in [-0.15, -0.1) is 0 Å². The fourth-order valence-electron chi connectivity index (χ4n) is 2.93. The third-order valence-corrected chi connectivity index (χ3v) is 4.99. The Hall–Kier alpha value is -0.710. The van der Waals surface area contributed by atoms with Crippen molar-refractivity contribution in [3.8, 4) is 0 Å². The van der Waals surface area contributed by atoms with Crippen molar-refractivity contribution in [3.05, 3.63) is 0 Å². The summed E-state index contributed by atoms with van der Waals surface area (Å²) in [6.45, 7) is 3.04. The van der Waals surface area contributed by atoms with Crippen LogP contribution in [-0.2, 0) is 4.79 Å². The summed E-state index contributed by atoms with van der Waals surface area (Å²) in [5.74, 6) is 1.73. The van der Waals surface area contributed by atoms with Gasteiger partial charge in [0.1, 0.15) is 0 Å². The van der Waals surface area contributed by atoms with Gasteiger partial charge in [0, 0.05) is 24.3 Å². The van der Waals surface area contributed by atoms with E-state index in [9.17, 15) is 4.79 Å². The maximum absolute atomic E-state index is 10.6. The molecular weight excluding hydrogens is 246 g/mol. The molecule has 2 aliphatic rings. The summed E-state index contributed by atoms with van der Waals surface area (Å²) in [5, 5.41) is 4.69. The highest BCUT2D eigenvalue weighted by atomic mass is 32.2. The highest BCUT2D eigenvalue weighted by Crippen LogP contribution is 2.38. The minimum absolute atomic E-state index is 0.236. The minimum atomic E-state index is -0.236. The SMILES string of the molecule is CC1CCCC2(CSC(=NCCCC(N)=O)N2)C1. The van der Waals surface area contributed by atoms with Gasteiger partial charge in [-0.05, 0) is 25.2 Å². The van der Waals surface area contributed by atoms with Crippen LogP contribution < -0.4 is 11.1 Å². The maximum atomic E-state index is 10.6. The van der Waals surface area contributed by atoms with E-state index in [1.807, 2.05) is 11.8 Å². The van der Waals surface area contributed by atoms with Crippen molar-refractivity contribution in [2.24, 2.45) is 16.6 Å². The Bertz CT molecular complexity index is 345. The highest BCUT2D eigenvalue weighted by Gasteiger charge is 2.40. The Morgan fingerprint density at radius 2 is 2.50 bits per heavy atom. The van der Waals surface area contributed by atoms with Crippen LogP contribution in [0.15, 0.2) is 4.99 Å². The molecule has 1 spiro atoms. The quantitative estimate of drug-likeness (QED) is 0.766. The van der Waals surface area contributed by atoms with E-state index in [0.29, 0.717) is 18.5 Å². The average molecular weight is 269 g/mol. The lowest BCUT2D eigenvalue weighted by Gasteiger charge is -2.36. The van der Waals surface area contributed by atoms with Crippen LogP contribution in [0.5, 0.6) is 0 Å². The van der Waals surface area contributed by atoms with E-state index in [2.05, 4.69) is 17.2 Å². The molecular formula is C13H23N3OS. The van der Waals surface area contributed by atoms with Gasteiger partial charge in [-0.2, -0.15) is 0 Å². The number of thioether (sulfide) groups is 1. The number of nitrogens with two attached hydrogens (primary N) is 1. The lowest BCUT2D eigenvalue weighted by molar-refractivity contribution is -0.118. The number of hydrogen-bond donors (Lipinski definition) is 2. The Morgan fingerprint density at radius 1 is 1.67 bits per heavy atom. The molecule has 4 nitrogen and oxygen atoms in total. The number of hydrogen-bond acceptors (Lipinski definition) is 3. The van der Waals surface area contributed by atoms with Crippen LogP contribution in [0.1, 0.15) is 45.4 Å². The Labute approximate surface area is 113 Å². The molecule has 0 aromatic heterocycles. The first kappa shape index (κ1) is 13.7. The molecule has 1 saturated heterocycles. The van der Waals surface area contributed by atoms with E-state index in [4.69, 9.17) is 5.73 Å². The zero-order valence-electron chi connectivity index (χ0n) is 11.1. The number of amidine groups is 1. The van der Waals surface area contributed by atoms with Gasteiger partial charge in [0.05, 0.1) is 0 Å². The fourth-order valence-corrected chi connectivity index (χ4v) is 4.15. The average Bonchev–Trinajstić information content (AvgIpc) is 2.67. The molecule has 3 N–H and O–H groups in total. The first-order chi connectivity index (χ1) is 8.60. The molecule has 18 heavy (non-hydrogen) atoms. The van der Waals surface area contributed by atoms with Crippen molar-refractivity contribution < 1.29 is 4.79 Å². The predicted octanol–water partition coefficient (Wildman–Crippen LogP) is 1.89. The maximum Gasteiger partial charge on any atom is 0.217 e. The summed E-state index contributed by atoms with van der Waals surface area (Å²) in [4.78, 5) is 15.2. The van der Waals surface area contributed by atoms with Crippen LogP contribution in [0.4, 0.5) is 0 Å². The number of nitrogens with zero attached hydrogens (tertiary/aromatic N) is 1. The Kier molecular flexibility index (Phi) is 4.54. The van der Waals surface area contributed by atoms with Crippen LogP contribution in [0.2, 0.25) is 0 Å². The van der Waals surface area contributed by atoms with Gasteiger partial charge in [0.2, 0.25) is 5.91 Å². The standard InChI is InChI=1S/C13H23N3OS/c1-10-4-2-6-13(8-10)9-18-12(16-13)15-7-3-5-11(14)17/h10H,2-9H2,1H3,(H2,14,17)(H,15,16). The molecule has 1 heterocycles. The van der Waals surface area contributed by atoms with E-state index < -0.39 is 0 Å². The molecule has 0 radical (unpaired) electrons. The third kappa shape index (κ3) is 3.64. The van der Waals surface area contributed by atoms with Crippen LogP contribution in [0.25, 0.3) is 0 Å². The monoisotopic (exact) mass is 269 g/mol. The molecule has 0 bridgehead atoms. The molecule has 2 unspecified atom stereocenters. The van der Waals surface area contributed by atoms with Gasteiger partial charge >= 0.3 is 0 Å². The largest absolute Gasteiger partial charge is 0.370 e. The predicted molar refractivity (Wildman–Crippen MR) is 76.7 cm³/mol. The van der Waals surface area contributed by atoms with E-state index in [1.165, 1.54) is 25.7 Å². The number of rotatable bonds is 4. The molecule has 0 aromatic carbocycles. The Balaban J connectivity index is 1.80. The second kappa shape index (κ2) is 5.95. The molecule has 2 rings (SSSR count). The first-order valence-corrected chi connectivity index (χ1v) is 7.82. The molecule has 2 atom stereocenters. The molecule has 1 aliphatic heterocycles. The lowest BCUT2D eigenvalue weighted by Crippen LogP contribution is -2.47. The lowest BCUT2D eigenvalue weighted by atomic mass is 9.78. The number of aliphatic imine (C=N–C) groups is 1. The normalized spacial score (nSPS) is 33.8. The van der Waals surface area contributed by atoms with Crippen molar-refractivity contribution in [2.45, 2.75) is 51.0 Å². The minimum Gasteiger partial charge on any atom is -0.370 e. The number of primary amides is 1. The van der Waals surface area contributed by atoms with Gasteiger partial charge in [-0.3, -0.25) is 9.79 Å². The van der Waals surface area contributed by atoms with Crippen molar-refractivity contribution >= 4 is 22.8 Å². The summed E-state index contributed by atoms with van der Waals surface area (Å²) >= 11 is 1.83. The molecule has 1 aliphatic carbocycles. The highest BCUT2D eigenvalue weighted by molar-refractivity contribution is 8.14. The van der Waals surface area contributed by atoms with Crippen molar-refractivity contribution in [3.63, 3.8) is 0 Å². The van der Waals surface area contributed by atoms with Crippen LogP contribution in [0.3, 0.4) is 0 Å². The summed E-state index contributed by atoms with van der Waals surface area (Å²) < 4.78 is 0. The number of amides is 1. The molecule has 1 amide bonds. The van der Waals surface area contributed by atoms with E-state index in [1.54, 1.807) is 0 Å². The topological polar surface area (TPSA) is 67.5 Å². The molecule has 1 saturated carbocycles. The summed E-state index contributed by atoms with van der Waals surface area (Å²) in [6, 6.07) is 0. The van der Waals surface area contributed by atoms with Gasteiger partial charge in [-0.25, -0.2) is 0 Å². The Morgan fingerprint density at radius 3 is 3.22 bits per heavy atom. The second-order valence-corrected chi connectivity index (χ2v) is 6.62. The van der Waals surface area contributed by atoms with Crippen LogP contribution in [0, 0.1) is 5.92 Å². The summed E-state index contributed by atoms with van der Waals surface area (Å²) in [7, 11) is 0. The number of carbonyl (C=O) groups is 1. The number of carbonyl (C=O) groups excluding carboxylic acids is 1. The van der Waals surface area contributed by atoms with Crippen molar-refractivity contribution in [1.82, 2.24) is 5.32 Å². The second-order valence-electron chi connectivity index (χ2n) is 5.65. The van der Waals surface area contributed by atoms with E-state index >= 15 is 0 Å². The summed E-state index contributed by atoms with van der Waals surface area (Å²) in [6.07, 6.45) is 6.40. The molecule has 2 fully saturated rings. The van der Waals surface area contributed by atoms with Gasteiger partial charge in [-0.1, -0.05) is 31.5 Å². The van der Waals surface area contributed by atoms with Gasteiger partial charge < -0.3 is 11.1 Å². The first-order valence-electron chi connectivity index (χ1n) is 6.83. The molecule has 5 heteroatoms. The molecule has 0 aromatic rings. The zero-order chi connectivity index (χ0) is 13.0. The molecule has 102 valence electrons.